The van der Waals surface area contributed by atoms with Crippen molar-refractivity contribution in [3.05, 3.63) is 40.9 Å². The Kier molecular flexibility index (Phi) is 5.15. The van der Waals surface area contributed by atoms with Crippen molar-refractivity contribution in [2.45, 2.75) is 12.3 Å². The minimum absolute atomic E-state index is 0.379. The zero-order valence-electron chi connectivity index (χ0n) is 11.4. The molecule has 0 aliphatic rings. The molecule has 0 N–H and O–H groups in total. The first-order valence-corrected chi connectivity index (χ1v) is 7.08. The molecule has 6 heteroatoms. The zero-order chi connectivity index (χ0) is 14.5. The molecule has 20 heavy (non-hydrogen) atoms. The molecule has 1 aromatic carbocycles. The van der Waals surface area contributed by atoms with Crippen LogP contribution in [0.3, 0.4) is 0 Å². The average Bonchev–Trinajstić information content (AvgIpc) is 2.85. The highest BCUT2D eigenvalue weighted by Gasteiger charge is 2.12. The van der Waals surface area contributed by atoms with Crippen LogP contribution in [-0.4, -0.2) is 23.3 Å². The van der Waals surface area contributed by atoms with Crippen molar-refractivity contribution in [3.8, 4) is 11.5 Å². The summed E-state index contributed by atoms with van der Waals surface area (Å²) < 4.78 is 13.0. The molecule has 0 radical (unpaired) electrons. The lowest BCUT2D eigenvalue weighted by molar-refractivity contribution is 0.294. The van der Waals surface area contributed by atoms with Crippen LogP contribution in [0.4, 0.5) is 0 Å². The van der Waals surface area contributed by atoms with Crippen molar-refractivity contribution in [2.75, 3.05) is 13.7 Å². The lowest BCUT2D eigenvalue weighted by Crippen LogP contribution is -2.07. The lowest BCUT2D eigenvalue weighted by Gasteiger charge is -2.13. The number of benzene rings is 1. The van der Waals surface area contributed by atoms with Gasteiger partial charge in [-0.05, 0) is 17.7 Å². The topological polar surface area (TPSA) is 36.3 Å². The predicted molar refractivity (Wildman–Crippen MR) is 80.0 cm³/mol. The highest BCUT2D eigenvalue weighted by atomic mass is 35.5. The molecule has 1 heterocycles. The first kappa shape index (κ1) is 15.0. The van der Waals surface area contributed by atoms with Crippen LogP contribution in [0, 0.1) is 0 Å². The molecule has 2 rings (SSSR count). The minimum Gasteiger partial charge on any atom is -0.493 e. The number of alkyl halides is 1. The fourth-order valence-electron chi connectivity index (χ4n) is 1.87. The molecule has 0 bridgehead atoms. The summed E-state index contributed by atoms with van der Waals surface area (Å²) in [4.78, 5) is 4.24. The normalized spacial score (nSPS) is 10.6. The molecular weight excluding hydrogens is 299 g/mol. The summed E-state index contributed by atoms with van der Waals surface area (Å²) in [7, 11) is 3.53. The van der Waals surface area contributed by atoms with Gasteiger partial charge < -0.3 is 14.0 Å². The summed E-state index contributed by atoms with van der Waals surface area (Å²) in [6, 6.07) is 3.61. The number of ether oxygens (including phenoxy) is 2. The Bertz CT molecular complexity index is 585. The average molecular weight is 315 g/mol. The summed E-state index contributed by atoms with van der Waals surface area (Å²) in [6.45, 7) is 0.473. The van der Waals surface area contributed by atoms with Crippen LogP contribution >= 0.6 is 23.2 Å². The van der Waals surface area contributed by atoms with E-state index in [1.54, 1.807) is 19.4 Å². The highest BCUT2D eigenvalue weighted by Crippen LogP contribution is 2.36. The highest BCUT2D eigenvalue weighted by molar-refractivity contribution is 6.32. The van der Waals surface area contributed by atoms with E-state index in [-0.39, 0.29) is 0 Å². The summed E-state index contributed by atoms with van der Waals surface area (Å²) in [5, 5.41) is 0.500. The van der Waals surface area contributed by atoms with E-state index in [2.05, 4.69) is 4.98 Å². The second-order valence-corrected chi connectivity index (χ2v) is 4.97. The van der Waals surface area contributed by atoms with Crippen LogP contribution in [0.5, 0.6) is 11.5 Å². The van der Waals surface area contributed by atoms with Crippen molar-refractivity contribution < 1.29 is 9.47 Å². The Morgan fingerprint density at radius 1 is 1.35 bits per heavy atom. The molecule has 0 saturated heterocycles. The summed E-state index contributed by atoms with van der Waals surface area (Å²) >= 11 is 12.0. The van der Waals surface area contributed by atoms with Gasteiger partial charge in [0.25, 0.3) is 0 Å². The molecule has 0 saturated carbocycles. The van der Waals surface area contributed by atoms with Crippen LogP contribution in [0.1, 0.15) is 11.4 Å². The second kappa shape index (κ2) is 6.86. The number of nitrogens with zero attached hydrogens (tertiary/aromatic N) is 2. The Hall–Kier alpha value is -1.39. The molecule has 0 aliphatic heterocycles. The van der Waals surface area contributed by atoms with Crippen LogP contribution in [-0.2, 0) is 19.3 Å². The van der Waals surface area contributed by atoms with Crippen molar-refractivity contribution in [3.63, 3.8) is 0 Å². The fourth-order valence-corrected chi connectivity index (χ4v) is 2.31. The maximum atomic E-state index is 6.20. The number of imidazole rings is 1. The quantitative estimate of drug-likeness (QED) is 0.766. The van der Waals surface area contributed by atoms with Crippen molar-refractivity contribution >= 4 is 23.2 Å². The molecule has 108 valence electrons. The largest absolute Gasteiger partial charge is 0.493 e. The third-order valence-corrected chi connectivity index (χ3v) is 3.53. The number of halogens is 2. The smallest absolute Gasteiger partial charge is 0.179 e. The molecule has 0 aliphatic carbocycles. The summed E-state index contributed by atoms with van der Waals surface area (Å²) in [5.74, 6) is 2.46. The van der Waals surface area contributed by atoms with E-state index in [0.717, 1.165) is 11.4 Å². The number of rotatable bonds is 6. The molecule has 0 unspecified atom stereocenters. The van der Waals surface area contributed by atoms with Gasteiger partial charge in [-0.1, -0.05) is 11.6 Å². The molecule has 0 fully saturated rings. The standard InChI is InChI=1S/C14H16Cl2N2O2/c1-18-5-4-17-13(18)3-6-20-14-11(16)7-10(9-15)8-12(14)19-2/h4-5,7-8H,3,6,9H2,1-2H3. The number of aryl methyl sites for hydroxylation is 1. The van der Waals surface area contributed by atoms with Gasteiger partial charge >= 0.3 is 0 Å². The van der Waals surface area contributed by atoms with E-state index >= 15 is 0 Å². The van der Waals surface area contributed by atoms with Gasteiger partial charge in [-0.15, -0.1) is 11.6 Å². The Labute approximate surface area is 128 Å². The van der Waals surface area contributed by atoms with Gasteiger partial charge in [0.1, 0.15) is 5.82 Å². The van der Waals surface area contributed by atoms with E-state index in [4.69, 9.17) is 32.7 Å². The van der Waals surface area contributed by atoms with E-state index in [9.17, 15) is 0 Å². The molecule has 2 aromatic rings. The first-order chi connectivity index (χ1) is 9.65. The Morgan fingerprint density at radius 3 is 2.75 bits per heavy atom. The van der Waals surface area contributed by atoms with Gasteiger partial charge in [0.05, 0.1) is 18.7 Å². The van der Waals surface area contributed by atoms with E-state index in [0.29, 0.717) is 35.4 Å². The molecule has 0 atom stereocenters. The first-order valence-electron chi connectivity index (χ1n) is 6.17. The third kappa shape index (κ3) is 3.38. The van der Waals surface area contributed by atoms with Gasteiger partial charge in [0.15, 0.2) is 11.5 Å². The molecule has 0 amide bonds. The van der Waals surface area contributed by atoms with Gasteiger partial charge in [-0.2, -0.15) is 0 Å². The number of hydrogen-bond donors (Lipinski definition) is 0. The second-order valence-electron chi connectivity index (χ2n) is 4.30. The number of aromatic nitrogens is 2. The van der Waals surface area contributed by atoms with Crippen molar-refractivity contribution in [1.29, 1.82) is 0 Å². The molecule has 0 spiro atoms. The fraction of sp³-hybridized carbons (Fsp3) is 0.357. The maximum Gasteiger partial charge on any atom is 0.179 e. The Balaban J connectivity index is 2.07. The molecule has 4 nitrogen and oxygen atoms in total. The van der Waals surface area contributed by atoms with Gasteiger partial charge in [0.2, 0.25) is 0 Å². The SMILES string of the molecule is COc1cc(CCl)cc(Cl)c1OCCc1nccn1C. The van der Waals surface area contributed by atoms with Crippen LogP contribution in [0.2, 0.25) is 5.02 Å². The maximum absolute atomic E-state index is 6.20. The summed E-state index contributed by atoms with van der Waals surface area (Å²) in [6.07, 6.45) is 4.36. The van der Waals surface area contributed by atoms with E-state index < -0.39 is 0 Å². The van der Waals surface area contributed by atoms with Gasteiger partial charge in [-0.25, -0.2) is 4.98 Å². The number of hydrogen-bond acceptors (Lipinski definition) is 3. The van der Waals surface area contributed by atoms with Crippen LogP contribution in [0.15, 0.2) is 24.5 Å². The van der Waals surface area contributed by atoms with Crippen LogP contribution in [0.25, 0.3) is 0 Å². The monoisotopic (exact) mass is 314 g/mol. The van der Waals surface area contributed by atoms with Gasteiger partial charge in [-0.3, -0.25) is 0 Å². The third-order valence-electron chi connectivity index (χ3n) is 2.94. The lowest BCUT2D eigenvalue weighted by atomic mass is 10.2. The van der Waals surface area contributed by atoms with E-state index in [1.165, 1.54) is 0 Å². The van der Waals surface area contributed by atoms with Crippen molar-refractivity contribution in [2.24, 2.45) is 7.05 Å². The van der Waals surface area contributed by atoms with Crippen LogP contribution < -0.4 is 9.47 Å². The number of methoxy groups -OCH3 is 1. The van der Waals surface area contributed by atoms with Crippen molar-refractivity contribution in [1.82, 2.24) is 9.55 Å². The Morgan fingerprint density at radius 2 is 2.15 bits per heavy atom. The van der Waals surface area contributed by atoms with E-state index in [1.807, 2.05) is 23.9 Å². The minimum atomic E-state index is 0.379. The molecule has 1 aromatic heterocycles. The molecular formula is C14H16Cl2N2O2. The van der Waals surface area contributed by atoms with Gasteiger partial charge in [0, 0.05) is 31.7 Å². The predicted octanol–water partition coefficient (Wildman–Crippen LogP) is 3.44. The zero-order valence-corrected chi connectivity index (χ0v) is 12.9. The summed E-state index contributed by atoms with van der Waals surface area (Å²) in [5.41, 5.74) is 0.893.